The lowest BCUT2D eigenvalue weighted by atomic mass is 9.85. The lowest BCUT2D eigenvalue weighted by molar-refractivity contribution is -0.144. The molecule has 2 fully saturated rings. The summed E-state index contributed by atoms with van der Waals surface area (Å²) in [6, 6.07) is 15.6. The molecule has 2 aliphatic rings. The van der Waals surface area contributed by atoms with E-state index in [4.69, 9.17) is 4.74 Å². The molecular formula is C55H73N7O7S. The number of aryl methyl sites for hydroxylation is 1. The van der Waals surface area contributed by atoms with Crippen molar-refractivity contribution in [2.45, 2.75) is 149 Å². The summed E-state index contributed by atoms with van der Waals surface area (Å²) in [6.07, 6.45) is 17.0. The van der Waals surface area contributed by atoms with E-state index in [2.05, 4.69) is 37.3 Å². The van der Waals surface area contributed by atoms with Crippen molar-refractivity contribution in [1.29, 1.82) is 0 Å². The molecule has 6 rings (SSSR count). The van der Waals surface area contributed by atoms with E-state index in [0.29, 0.717) is 36.9 Å². The maximum Gasteiger partial charge on any atom is 0.270 e. The number of aliphatic hydroxyl groups is 1. The van der Waals surface area contributed by atoms with Gasteiger partial charge < -0.3 is 36.0 Å². The number of aliphatic hydroxyl groups excluding tert-OH is 1. The van der Waals surface area contributed by atoms with Crippen LogP contribution < -0.4 is 26.0 Å². The summed E-state index contributed by atoms with van der Waals surface area (Å²) in [5.74, 6) is -0.103. The van der Waals surface area contributed by atoms with Gasteiger partial charge in [-0.3, -0.25) is 24.0 Å². The Hall–Kier alpha value is -5.93. The van der Waals surface area contributed by atoms with E-state index in [9.17, 15) is 29.1 Å². The molecule has 0 bridgehead atoms. The molecule has 4 aromatic rings. The van der Waals surface area contributed by atoms with Crippen LogP contribution in [0.25, 0.3) is 16.5 Å². The number of nitrogens with zero attached hydrogens (tertiary/aromatic N) is 3. The van der Waals surface area contributed by atoms with Crippen LogP contribution in [0.3, 0.4) is 0 Å². The second-order valence-corrected chi connectivity index (χ2v) is 20.8. The third-order valence-corrected chi connectivity index (χ3v) is 14.2. The van der Waals surface area contributed by atoms with Crippen LogP contribution >= 0.6 is 11.3 Å². The van der Waals surface area contributed by atoms with Crippen LogP contribution in [0, 0.1) is 18.3 Å². The van der Waals surface area contributed by atoms with Gasteiger partial charge in [-0.2, -0.15) is 0 Å². The fourth-order valence-electron chi connectivity index (χ4n) is 9.18. The van der Waals surface area contributed by atoms with Gasteiger partial charge in [-0.25, -0.2) is 9.97 Å². The van der Waals surface area contributed by atoms with Crippen LogP contribution in [0.1, 0.15) is 143 Å². The minimum absolute atomic E-state index is 0.0206. The molecule has 376 valence electrons. The first-order valence-electron chi connectivity index (χ1n) is 25.1. The van der Waals surface area contributed by atoms with E-state index in [1.807, 2.05) is 87.8 Å². The van der Waals surface area contributed by atoms with Gasteiger partial charge in [-0.1, -0.05) is 126 Å². The maximum absolute atomic E-state index is 14.0. The van der Waals surface area contributed by atoms with Crippen LogP contribution in [-0.2, 0) is 38.7 Å². The van der Waals surface area contributed by atoms with Gasteiger partial charge in [-0.05, 0) is 72.3 Å². The smallest absolute Gasteiger partial charge is 0.270 e. The number of benzene rings is 2. The average Bonchev–Trinajstić information content (AvgIpc) is 3.97. The summed E-state index contributed by atoms with van der Waals surface area (Å²) in [6.45, 7) is 8.79. The van der Waals surface area contributed by atoms with E-state index >= 15 is 0 Å². The van der Waals surface area contributed by atoms with E-state index in [1.165, 1.54) is 37.0 Å². The Morgan fingerprint density at radius 2 is 1.57 bits per heavy atom. The van der Waals surface area contributed by atoms with E-state index < -0.39 is 23.6 Å². The summed E-state index contributed by atoms with van der Waals surface area (Å²) in [7, 11) is 1.60. The number of carbonyl (C=O) groups excluding carboxylic acids is 5. The Morgan fingerprint density at radius 3 is 2.29 bits per heavy atom. The van der Waals surface area contributed by atoms with Gasteiger partial charge in [0.15, 0.2) is 0 Å². The zero-order chi connectivity index (χ0) is 50.0. The third kappa shape index (κ3) is 16.1. The van der Waals surface area contributed by atoms with E-state index in [-0.39, 0.29) is 61.9 Å². The lowest BCUT2D eigenvalue weighted by Crippen LogP contribution is -2.57. The topological polar surface area (TPSA) is 192 Å². The summed E-state index contributed by atoms with van der Waals surface area (Å²) in [4.78, 5) is 77.7. The molecule has 70 heavy (non-hydrogen) atoms. The molecule has 15 heteroatoms. The second-order valence-electron chi connectivity index (χ2n) is 19.9. The number of ether oxygens (including phenoxy) is 1. The normalized spacial score (nSPS) is 16.7. The maximum atomic E-state index is 14.0. The monoisotopic (exact) mass is 976 g/mol. The zero-order valence-electron chi connectivity index (χ0n) is 41.7. The van der Waals surface area contributed by atoms with Crippen molar-refractivity contribution < 1.29 is 33.8 Å². The molecule has 1 aliphatic carbocycles. The average molecular weight is 976 g/mol. The minimum atomic E-state index is -0.870. The fourth-order valence-corrected chi connectivity index (χ4v) is 9.99. The molecule has 2 aromatic heterocycles. The van der Waals surface area contributed by atoms with Crippen molar-refractivity contribution >= 4 is 46.9 Å². The number of nitrogens with one attached hydrogen (secondary N) is 4. The van der Waals surface area contributed by atoms with Gasteiger partial charge in [0.05, 0.1) is 41.9 Å². The SMILES string of the molecule is COc1cnc(C(=O)NCc2cccc(CC(=O)NCCCCCCCCC(=O)N[C@H](C(=O)N3C[C@H](O)C[C@H]3C(=O)NCc3ccc(-c4scnc4C)cc3)C(C)(C)C)c2)cc1/C=C/C1CCCCC1. The van der Waals surface area contributed by atoms with Crippen molar-refractivity contribution in [1.82, 2.24) is 36.1 Å². The Kier molecular flexibility index (Phi) is 20.1. The first kappa shape index (κ1) is 53.4. The summed E-state index contributed by atoms with van der Waals surface area (Å²) in [5, 5.41) is 22.5. The number of likely N-dealkylation sites (tertiary alicyclic amines) is 1. The summed E-state index contributed by atoms with van der Waals surface area (Å²) >= 11 is 1.58. The Bertz CT molecular complexity index is 2410. The molecule has 3 heterocycles. The van der Waals surface area contributed by atoms with Gasteiger partial charge in [0.1, 0.15) is 23.5 Å². The predicted octanol–water partition coefficient (Wildman–Crippen LogP) is 8.24. The van der Waals surface area contributed by atoms with Crippen LogP contribution in [0.2, 0.25) is 0 Å². The first-order valence-corrected chi connectivity index (χ1v) is 26.0. The zero-order valence-corrected chi connectivity index (χ0v) is 42.5. The second kappa shape index (κ2) is 26.3. The summed E-state index contributed by atoms with van der Waals surface area (Å²) in [5.41, 5.74) is 7.03. The van der Waals surface area contributed by atoms with Gasteiger partial charge in [0.2, 0.25) is 23.6 Å². The highest BCUT2D eigenvalue weighted by molar-refractivity contribution is 7.13. The van der Waals surface area contributed by atoms with E-state index in [0.717, 1.165) is 70.5 Å². The number of β-amino-alcohol motifs (C(OH)–C–C–N with tert-alkyl or cyclic N) is 1. The van der Waals surface area contributed by atoms with Gasteiger partial charge >= 0.3 is 0 Å². The molecule has 1 saturated heterocycles. The molecule has 14 nitrogen and oxygen atoms in total. The molecule has 0 spiro atoms. The number of pyridine rings is 1. The molecule has 5 N–H and O–H groups in total. The highest BCUT2D eigenvalue weighted by Gasteiger charge is 2.44. The molecule has 3 atom stereocenters. The number of rotatable bonds is 23. The number of thiazole rings is 1. The highest BCUT2D eigenvalue weighted by atomic mass is 32.1. The lowest BCUT2D eigenvalue weighted by Gasteiger charge is -2.35. The first-order chi connectivity index (χ1) is 33.7. The number of carbonyl (C=O) groups is 5. The van der Waals surface area contributed by atoms with Crippen molar-refractivity contribution in [3.8, 4) is 16.2 Å². The molecule has 0 radical (unpaired) electrons. The Morgan fingerprint density at radius 1 is 0.857 bits per heavy atom. The van der Waals surface area contributed by atoms with Gasteiger partial charge in [0, 0.05) is 44.6 Å². The van der Waals surface area contributed by atoms with Crippen LogP contribution in [0.5, 0.6) is 5.75 Å². The van der Waals surface area contributed by atoms with Crippen molar-refractivity contribution in [2.75, 3.05) is 20.2 Å². The van der Waals surface area contributed by atoms with E-state index in [1.54, 1.807) is 30.7 Å². The number of amides is 5. The fraction of sp³-hybridized carbons (Fsp3) is 0.509. The van der Waals surface area contributed by atoms with Crippen molar-refractivity contribution in [3.63, 3.8) is 0 Å². The number of methoxy groups -OCH3 is 1. The number of hydrogen-bond acceptors (Lipinski definition) is 10. The number of unbranched alkanes of at least 4 members (excludes halogenated alkanes) is 5. The highest BCUT2D eigenvalue weighted by Crippen LogP contribution is 2.30. The number of hydrogen-bond donors (Lipinski definition) is 5. The Labute approximate surface area is 417 Å². The molecule has 5 amide bonds. The molecule has 2 aromatic carbocycles. The Balaban J connectivity index is 0.845. The van der Waals surface area contributed by atoms with Crippen LogP contribution in [0.4, 0.5) is 0 Å². The van der Waals surface area contributed by atoms with Crippen molar-refractivity contribution in [3.05, 3.63) is 106 Å². The molecule has 1 saturated carbocycles. The largest absolute Gasteiger partial charge is 0.495 e. The summed E-state index contributed by atoms with van der Waals surface area (Å²) < 4.78 is 5.50. The van der Waals surface area contributed by atoms with Crippen LogP contribution in [0.15, 0.2) is 72.4 Å². The molecule has 0 unspecified atom stereocenters. The quantitative estimate of drug-likeness (QED) is 0.0456. The predicted molar refractivity (Wildman–Crippen MR) is 275 cm³/mol. The minimum Gasteiger partial charge on any atom is -0.495 e. The molecular weight excluding hydrogens is 903 g/mol. The van der Waals surface area contributed by atoms with Crippen LogP contribution in [-0.4, -0.2) is 87.9 Å². The standard InChI is InChI=1S/C55H73N7O7S/c1-37-50(70-36-60-37)42-24-22-39(23-25-42)32-59-53(67)46-31-44(63)35-62(46)54(68)51(55(2,3)4)61-48(64)20-13-8-6-7-9-14-27-56-49(65)29-40-18-15-19-41(28-40)33-58-52(66)45-30-43(47(69-5)34-57-45)26-21-38-16-11-10-12-17-38/h15,18-19,21-26,28,30,34,36,38,44,46,51,63H,6-14,16-17,20,27,29,31-33,35H2,1-5H3,(H,56,65)(H,58,66)(H,59,67)(H,61,64)/b26-21+/t44-,46+,51-/m1/s1. The van der Waals surface area contributed by atoms with Gasteiger partial charge in [-0.15, -0.1) is 11.3 Å². The van der Waals surface area contributed by atoms with Crippen molar-refractivity contribution in [2.24, 2.45) is 11.3 Å². The number of aromatic nitrogens is 2. The third-order valence-electron chi connectivity index (χ3n) is 13.2. The number of allylic oxidation sites excluding steroid dienone is 1. The molecule has 1 aliphatic heterocycles. The van der Waals surface area contributed by atoms with Gasteiger partial charge in [0.25, 0.3) is 5.91 Å².